The molecule has 0 fully saturated rings. The van der Waals surface area contributed by atoms with Gasteiger partial charge in [0, 0.05) is 4.47 Å². The van der Waals surface area contributed by atoms with Gasteiger partial charge >= 0.3 is 5.97 Å². The molecular formula is C23H19BrN2O5. The maximum Gasteiger partial charge on any atom is 0.343 e. The minimum atomic E-state index is -0.542. The Labute approximate surface area is 187 Å². The van der Waals surface area contributed by atoms with E-state index in [1.807, 2.05) is 6.92 Å². The van der Waals surface area contributed by atoms with Crippen molar-refractivity contribution >= 4 is 34.0 Å². The second-order valence-corrected chi connectivity index (χ2v) is 7.17. The first-order valence-electron chi connectivity index (χ1n) is 9.34. The molecule has 0 unspecified atom stereocenters. The molecule has 0 heterocycles. The van der Waals surface area contributed by atoms with Gasteiger partial charge in [-0.1, -0.05) is 28.1 Å². The molecular weight excluding hydrogens is 464 g/mol. The molecule has 3 aromatic rings. The van der Waals surface area contributed by atoms with Gasteiger partial charge < -0.3 is 14.6 Å². The minimum absolute atomic E-state index is 0.116. The lowest BCUT2D eigenvalue weighted by Crippen LogP contribution is -2.17. The van der Waals surface area contributed by atoms with Crippen LogP contribution in [0.15, 0.2) is 76.3 Å². The van der Waals surface area contributed by atoms with Crippen LogP contribution in [0.2, 0.25) is 0 Å². The van der Waals surface area contributed by atoms with Gasteiger partial charge in [-0.2, -0.15) is 5.10 Å². The van der Waals surface area contributed by atoms with Crippen molar-refractivity contribution in [1.82, 2.24) is 5.43 Å². The van der Waals surface area contributed by atoms with E-state index in [0.717, 1.165) is 4.47 Å². The number of rotatable bonds is 7. The Morgan fingerprint density at radius 2 is 1.81 bits per heavy atom. The molecule has 7 nitrogen and oxygen atoms in total. The summed E-state index contributed by atoms with van der Waals surface area (Å²) in [5, 5.41) is 13.6. The monoisotopic (exact) mass is 482 g/mol. The number of phenols is 1. The standard InChI is InChI=1S/C23H19BrN2O5/c1-2-30-21-13-15(14-25-26-22(28)18-5-3-4-6-19(18)27)7-12-20(21)31-23(29)16-8-10-17(24)11-9-16/h3-14,27H,2H2,1H3,(H,26,28). The van der Waals surface area contributed by atoms with Crippen LogP contribution in [0.3, 0.4) is 0 Å². The van der Waals surface area contributed by atoms with E-state index in [2.05, 4.69) is 26.5 Å². The molecule has 3 rings (SSSR count). The number of hydrogen-bond acceptors (Lipinski definition) is 6. The molecule has 31 heavy (non-hydrogen) atoms. The Kier molecular flexibility index (Phi) is 7.40. The van der Waals surface area contributed by atoms with Gasteiger partial charge in [0.1, 0.15) is 5.75 Å². The lowest BCUT2D eigenvalue weighted by atomic mass is 10.2. The van der Waals surface area contributed by atoms with E-state index < -0.39 is 11.9 Å². The normalized spacial score (nSPS) is 10.6. The van der Waals surface area contributed by atoms with E-state index in [0.29, 0.717) is 23.5 Å². The van der Waals surface area contributed by atoms with Crippen LogP contribution in [0.1, 0.15) is 33.2 Å². The molecule has 0 aliphatic carbocycles. The number of carbonyl (C=O) groups is 2. The van der Waals surface area contributed by atoms with Crippen molar-refractivity contribution in [3.8, 4) is 17.2 Å². The van der Waals surface area contributed by atoms with E-state index in [1.165, 1.54) is 18.3 Å². The van der Waals surface area contributed by atoms with Gasteiger partial charge in [-0.25, -0.2) is 10.2 Å². The summed E-state index contributed by atoms with van der Waals surface area (Å²) in [6.07, 6.45) is 1.42. The smallest absolute Gasteiger partial charge is 0.343 e. The summed E-state index contributed by atoms with van der Waals surface area (Å²) in [6, 6.07) is 17.9. The number of phenolic OH excluding ortho intramolecular Hbond substituents is 1. The van der Waals surface area contributed by atoms with Gasteiger partial charge in [-0.3, -0.25) is 4.79 Å². The number of hydrazone groups is 1. The number of benzene rings is 3. The van der Waals surface area contributed by atoms with Gasteiger partial charge in [-0.15, -0.1) is 0 Å². The van der Waals surface area contributed by atoms with Crippen molar-refractivity contribution in [3.63, 3.8) is 0 Å². The van der Waals surface area contributed by atoms with Gasteiger partial charge in [0.2, 0.25) is 0 Å². The molecule has 0 spiro atoms. The number of nitrogens with zero attached hydrogens (tertiary/aromatic N) is 1. The lowest BCUT2D eigenvalue weighted by molar-refractivity contribution is 0.0728. The lowest BCUT2D eigenvalue weighted by Gasteiger charge is -2.11. The fourth-order valence-corrected chi connectivity index (χ4v) is 2.86. The number of para-hydroxylation sites is 1. The molecule has 3 aromatic carbocycles. The highest BCUT2D eigenvalue weighted by atomic mass is 79.9. The molecule has 2 N–H and O–H groups in total. The summed E-state index contributed by atoms with van der Waals surface area (Å²) < 4.78 is 11.9. The maximum absolute atomic E-state index is 12.4. The largest absolute Gasteiger partial charge is 0.507 e. The second-order valence-electron chi connectivity index (χ2n) is 6.25. The van der Waals surface area contributed by atoms with Gasteiger partial charge in [0.05, 0.1) is 23.9 Å². The number of halogens is 1. The predicted molar refractivity (Wildman–Crippen MR) is 120 cm³/mol. The van der Waals surface area contributed by atoms with Crippen LogP contribution in [-0.4, -0.2) is 29.8 Å². The van der Waals surface area contributed by atoms with Crippen LogP contribution in [0.25, 0.3) is 0 Å². The summed E-state index contributed by atoms with van der Waals surface area (Å²) >= 11 is 3.32. The number of hydrogen-bond donors (Lipinski definition) is 2. The molecule has 0 atom stereocenters. The summed E-state index contributed by atoms with van der Waals surface area (Å²) in [5.74, 6) is -0.552. The highest BCUT2D eigenvalue weighted by Crippen LogP contribution is 2.29. The Morgan fingerprint density at radius 3 is 2.52 bits per heavy atom. The van der Waals surface area contributed by atoms with Crippen LogP contribution in [-0.2, 0) is 0 Å². The van der Waals surface area contributed by atoms with E-state index in [1.54, 1.807) is 54.6 Å². The summed E-state index contributed by atoms with van der Waals surface area (Å²) in [7, 11) is 0. The van der Waals surface area contributed by atoms with E-state index in [9.17, 15) is 14.7 Å². The van der Waals surface area contributed by atoms with E-state index in [-0.39, 0.29) is 17.1 Å². The average Bonchev–Trinajstić information content (AvgIpc) is 2.76. The summed E-state index contributed by atoms with van der Waals surface area (Å²) in [5.41, 5.74) is 3.49. The SMILES string of the molecule is CCOc1cc(C=NNC(=O)c2ccccc2O)ccc1OC(=O)c1ccc(Br)cc1. The van der Waals surface area contributed by atoms with Gasteiger partial charge in [0.15, 0.2) is 11.5 Å². The average molecular weight is 483 g/mol. The first-order valence-corrected chi connectivity index (χ1v) is 10.1. The fourth-order valence-electron chi connectivity index (χ4n) is 2.59. The fraction of sp³-hybridized carbons (Fsp3) is 0.0870. The number of aromatic hydroxyl groups is 1. The number of nitrogens with one attached hydrogen (secondary N) is 1. The number of carbonyl (C=O) groups excluding carboxylic acids is 2. The highest BCUT2D eigenvalue weighted by molar-refractivity contribution is 9.10. The molecule has 158 valence electrons. The van der Waals surface area contributed by atoms with Crippen molar-refractivity contribution in [1.29, 1.82) is 0 Å². The zero-order valence-electron chi connectivity index (χ0n) is 16.5. The number of esters is 1. The van der Waals surface area contributed by atoms with Crippen LogP contribution >= 0.6 is 15.9 Å². The Balaban J connectivity index is 1.71. The third-order valence-corrected chi connectivity index (χ3v) is 4.61. The predicted octanol–water partition coefficient (Wildman–Crippen LogP) is 4.54. The molecule has 0 radical (unpaired) electrons. The first kappa shape index (κ1) is 22.0. The summed E-state index contributed by atoms with van der Waals surface area (Å²) in [4.78, 5) is 24.5. The Morgan fingerprint density at radius 1 is 1.06 bits per heavy atom. The van der Waals surface area contributed by atoms with Crippen LogP contribution in [0, 0.1) is 0 Å². The molecule has 0 aliphatic rings. The molecule has 1 amide bonds. The highest BCUT2D eigenvalue weighted by Gasteiger charge is 2.13. The molecule has 0 aromatic heterocycles. The van der Waals surface area contributed by atoms with E-state index in [4.69, 9.17) is 9.47 Å². The first-order chi connectivity index (χ1) is 15.0. The van der Waals surface area contributed by atoms with Gasteiger partial charge in [0.25, 0.3) is 5.91 Å². The third kappa shape index (κ3) is 5.93. The summed E-state index contributed by atoms with van der Waals surface area (Å²) in [6.45, 7) is 2.18. The molecule has 0 saturated heterocycles. The minimum Gasteiger partial charge on any atom is -0.507 e. The topological polar surface area (TPSA) is 97.2 Å². The van der Waals surface area contributed by atoms with E-state index >= 15 is 0 Å². The zero-order valence-corrected chi connectivity index (χ0v) is 18.1. The van der Waals surface area contributed by atoms with Crippen molar-refractivity contribution in [2.45, 2.75) is 6.92 Å². The van der Waals surface area contributed by atoms with Crippen LogP contribution in [0.5, 0.6) is 17.2 Å². The van der Waals surface area contributed by atoms with Gasteiger partial charge in [-0.05, 0) is 67.1 Å². The van der Waals surface area contributed by atoms with Crippen molar-refractivity contribution in [3.05, 3.63) is 87.9 Å². The van der Waals surface area contributed by atoms with Crippen molar-refractivity contribution < 1.29 is 24.2 Å². The number of ether oxygens (including phenoxy) is 2. The van der Waals surface area contributed by atoms with Crippen molar-refractivity contribution in [2.75, 3.05) is 6.61 Å². The second kappa shape index (κ2) is 10.4. The maximum atomic E-state index is 12.4. The molecule has 0 bridgehead atoms. The number of amides is 1. The van der Waals surface area contributed by atoms with Crippen molar-refractivity contribution in [2.24, 2.45) is 5.10 Å². The van der Waals surface area contributed by atoms with Crippen LogP contribution in [0.4, 0.5) is 0 Å². The Bertz CT molecular complexity index is 1110. The Hall–Kier alpha value is -3.65. The molecule has 0 aliphatic heterocycles. The zero-order chi connectivity index (χ0) is 22.2. The molecule has 8 heteroatoms. The third-order valence-electron chi connectivity index (χ3n) is 4.08. The van der Waals surface area contributed by atoms with Crippen LogP contribution < -0.4 is 14.9 Å². The molecule has 0 saturated carbocycles. The quantitative estimate of drug-likeness (QED) is 0.223.